The third kappa shape index (κ3) is 3.20. The van der Waals surface area contributed by atoms with Gasteiger partial charge in [-0.1, -0.05) is 13.0 Å². The van der Waals surface area contributed by atoms with Gasteiger partial charge in [0.05, 0.1) is 11.4 Å². The average molecular weight is 368 g/mol. The highest BCUT2D eigenvalue weighted by atomic mass is 16.3. The molecule has 0 saturated carbocycles. The lowest BCUT2D eigenvalue weighted by atomic mass is 10.1. The Morgan fingerprint density at radius 2 is 1.96 bits per heavy atom. The van der Waals surface area contributed by atoms with Gasteiger partial charge >= 0.3 is 0 Å². The molecule has 7 heteroatoms. The fourth-order valence-electron chi connectivity index (χ4n) is 2.99. The average Bonchev–Trinajstić information content (AvgIpc) is 3.12. The third-order valence-electron chi connectivity index (χ3n) is 4.80. The molecule has 0 aliphatic rings. The molecule has 0 unspecified atom stereocenters. The number of aryl methyl sites for hydroxylation is 3. The van der Waals surface area contributed by atoms with E-state index in [4.69, 9.17) is 4.42 Å². The number of carbonyl (C=O) groups excluding carboxylic acids is 2. The van der Waals surface area contributed by atoms with E-state index < -0.39 is 5.91 Å². The Kier molecular flexibility index (Phi) is 4.78. The Labute approximate surface area is 157 Å². The number of aromatic nitrogens is 2. The molecule has 0 aliphatic heterocycles. The zero-order valence-corrected chi connectivity index (χ0v) is 16.5. The van der Waals surface area contributed by atoms with Gasteiger partial charge in [-0.25, -0.2) is 0 Å². The summed E-state index contributed by atoms with van der Waals surface area (Å²) in [7, 11) is 5.02. The molecule has 1 aromatic carbocycles. The van der Waals surface area contributed by atoms with Crippen LogP contribution in [0.15, 0.2) is 22.6 Å². The predicted molar refractivity (Wildman–Crippen MR) is 104 cm³/mol. The molecule has 3 aromatic rings. The van der Waals surface area contributed by atoms with E-state index in [2.05, 4.69) is 17.3 Å². The Balaban J connectivity index is 2.00. The van der Waals surface area contributed by atoms with Crippen LogP contribution in [-0.4, -0.2) is 40.6 Å². The van der Waals surface area contributed by atoms with Crippen molar-refractivity contribution in [3.63, 3.8) is 0 Å². The number of amides is 2. The van der Waals surface area contributed by atoms with Crippen LogP contribution in [0.3, 0.4) is 0 Å². The highest BCUT2D eigenvalue weighted by Crippen LogP contribution is 2.28. The van der Waals surface area contributed by atoms with Gasteiger partial charge < -0.3 is 14.6 Å². The monoisotopic (exact) mass is 368 g/mol. The minimum absolute atomic E-state index is 0.204. The topological polar surface area (TPSA) is 80.4 Å². The largest absolute Gasteiger partial charge is 0.451 e. The molecule has 0 saturated heterocycles. The van der Waals surface area contributed by atoms with E-state index in [9.17, 15) is 9.59 Å². The van der Waals surface area contributed by atoms with Gasteiger partial charge in [0.15, 0.2) is 11.5 Å². The summed E-state index contributed by atoms with van der Waals surface area (Å²) < 4.78 is 7.37. The molecular weight excluding hydrogens is 344 g/mol. The first-order valence-electron chi connectivity index (χ1n) is 8.83. The van der Waals surface area contributed by atoms with E-state index in [0.29, 0.717) is 17.0 Å². The van der Waals surface area contributed by atoms with Crippen LogP contribution in [-0.2, 0) is 13.5 Å². The highest BCUT2D eigenvalue weighted by Gasteiger charge is 2.25. The van der Waals surface area contributed by atoms with E-state index in [1.54, 1.807) is 32.7 Å². The fourth-order valence-corrected chi connectivity index (χ4v) is 2.99. The molecule has 7 nitrogen and oxygen atoms in total. The molecule has 0 radical (unpaired) electrons. The second-order valence-corrected chi connectivity index (χ2v) is 6.83. The first-order chi connectivity index (χ1) is 12.7. The summed E-state index contributed by atoms with van der Waals surface area (Å²) in [5, 5.41) is 7.99. The van der Waals surface area contributed by atoms with Crippen LogP contribution >= 0.6 is 0 Å². The molecule has 0 fully saturated rings. The lowest BCUT2D eigenvalue weighted by Gasteiger charge is -2.10. The van der Waals surface area contributed by atoms with Crippen molar-refractivity contribution in [3.8, 4) is 0 Å². The van der Waals surface area contributed by atoms with Crippen molar-refractivity contribution in [2.75, 3.05) is 19.4 Å². The Morgan fingerprint density at radius 3 is 2.59 bits per heavy atom. The van der Waals surface area contributed by atoms with Crippen molar-refractivity contribution in [3.05, 3.63) is 46.5 Å². The molecule has 2 heterocycles. The maximum Gasteiger partial charge on any atom is 0.291 e. The van der Waals surface area contributed by atoms with Crippen molar-refractivity contribution in [2.45, 2.75) is 27.2 Å². The summed E-state index contributed by atoms with van der Waals surface area (Å²) in [5.41, 5.74) is 3.92. The van der Waals surface area contributed by atoms with Crippen LogP contribution in [0.2, 0.25) is 0 Å². The van der Waals surface area contributed by atoms with Gasteiger partial charge in [-0.05, 0) is 38.0 Å². The van der Waals surface area contributed by atoms with E-state index in [1.807, 2.05) is 25.1 Å². The molecular formula is C20H24N4O3. The molecule has 0 bridgehead atoms. The Morgan fingerprint density at radius 1 is 1.26 bits per heavy atom. The van der Waals surface area contributed by atoms with Gasteiger partial charge in [0, 0.05) is 32.1 Å². The SMILES string of the molecule is CCc1ccc2oc(C(=O)Nc3c(C(=O)N(C)C)nn(C)c3C)c(C)c2c1. The zero-order chi connectivity index (χ0) is 19.9. The van der Waals surface area contributed by atoms with Gasteiger partial charge in [-0.15, -0.1) is 0 Å². The molecule has 2 aromatic heterocycles. The molecule has 3 rings (SSSR count). The van der Waals surface area contributed by atoms with Crippen LogP contribution in [0, 0.1) is 13.8 Å². The van der Waals surface area contributed by atoms with Gasteiger partial charge in [0.2, 0.25) is 0 Å². The molecule has 2 amide bonds. The van der Waals surface area contributed by atoms with E-state index in [-0.39, 0.29) is 17.4 Å². The molecule has 0 atom stereocenters. The predicted octanol–water partition coefficient (Wildman–Crippen LogP) is 3.30. The molecule has 142 valence electrons. The number of fused-ring (bicyclic) bond motifs is 1. The first kappa shape index (κ1) is 18.7. The van der Waals surface area contributed by atoms with Crippen LogP contribution in [0.4, 0.5) is 5.69 Å². The minimum Gasteiger partial charge on any atom is -0.451 e. The second kappa shape index (κ2) is 6.90. The number of hydrogen-bond donors (Lipinski definition) is 1. The highest BCUT2D eigenvalue weighted by molar-refractivity contribution is 6.10. The molecule has 1 N–H and O–H groups in total. The van der Waals surface area contributed by atoms with Gasteiger partial charge in [0.1, 0.15) is 5.58 Å². The molecule has 0 spiro atoms. The van der Waals surface area contributed by atoms with Crippen molar-refractivity contribution >= 4 is 28.5 Å². The summed E-state index contributed by atoms with van der Waals surface area (Å²) in [6.07, 6.45) is 0.910. The number of furan rings is 1. The van der Waals surface area contributed by atoms with Crippen molar-refractivity contribution in [2.24, 2.45) is 7.05 Å². The number of hydrogen-bond acceptors (Lipinski definition) is 4. The molecule has 27 heavy (non-hydrogen) atoms. The van der Waals surface area contributed by atoms with Crippen LogP contribution in [0.1, 0.15) is 44.8 Å². The summed E-state index contributed by atoms with van der Waals surface area (Å²) in [4.78, 5) is 26.7. The maximum absolute atomic E-state index is 12.9. The van der Waals surface area contributed by atoms with Gasteiger partial charge in [0.25, 0.3) is 11.8 Å². The smallest absolute Gasteiger partial charge is 0.291 e. The van der Waals surface area contributed by atoms with E-state index >= 15 is 0 Å². The van der Waals surface area contributed by atoms with Crippen molar-refractivity contribution < 1.29 is 14.0 Å². The number of rotatable bonds is 4. The summed E-state index contributed by atoms with van der Waals surface area (Å²) >= 11 is 0. The third-order valence-corrected chi connectivity index (χ3v) is 4.80. The van der Waals surface area contributed by atoms with Gasteiger partial charge in [-0.3, -0.25) is 14.3 Å². The van der Waals surface area contributed by atoms with E-state index in [0.717, 1.165) is 17.4 Å². The molecule has 0 aliphatic carbocycles. The minimum atomic E-state index is -0.398. The summed E-state index contributed by atoms with van der Waals surface area (Å²) in [6.45, 7) is 5.74. The standard InChI is InChI=1S/C20H24N4O3/c1-7-13-8-9-15-14(10-13)11(2)18(27-15)19(25)21-16-12(3)24(6)22-17(16)20(26)23(4)5/h8-10H,7H2,1-6H3,(H,21,25). The number of anilines is 1. The fraction of sp³-hybridized carbons (Fsp3) is 0.350. The summed E-state index contributed by atoms with van der Waals surface area (Å²) in [5.74, 6) is -0.432. The van der Waals surface area contributed by atoms with Gasteiger partial charge in [-0.2, -0.15) is 5.10 Å². The lowest BCUT2D eigenvalue weighted by Crippen LogP contribution is -2.24. The Bertz CT molecular complexity index is 1040. The quantitative estimate of drug-likeness (QED) is 0.766. The number of nitrogens with one attached hydrogen (secondary N) is 1. The summed E-state index contributed by atoms with van der Waals surface area (Å²) in [6, 6.07) is 5.92. The zero-order valence-electron chi connectivity index (χ0n) is 16.5. The maximum atomic E-state index is 12.9. The van der Waals surface area contributed by atoms with Crippen LogP contribution in [0.5, 0.6) is 0 Å². The lowest BCUT2D eigenvalue weighted by molar-refractivity contribution is 0.0822. The van der Waals surface area contributed by atoms with Crippen molar-refractivity contribution in [1.29, 1.82) is 0 Å². The van der Waals surface area contributed by atoms with Crippen LogP contribution < -0.4 is 5.32 Å². The first-order valence-corrected chi connectivity index (χ1v) is 8.83. The number of benzene rings is 1. The van der Waals surface area contributed by atoms with Crippen LogP contribution in [0.25, 0.3) is 11.0 Å². The number of nitrogens with zero attached hydrogens (tertiary/aromatic N) is 3. The number of carbonyl (C=O) groups is 2. The normalized spacial score (nSPS) is 11.0. The van der Waals surface area contributed by atoms with Crippen molar-refractivity contribution in [1.82, 2.24) is 14.7 Å². The van der Waals surface area contributed by atoms with E-state index in [1.165, 1.54) is 10.5 Å². The Hall–Kier alpha value is -3.09. The second-order valence-electron chi connectivity index (χ2n) is 6.83.